The lowest BCUT2D eigenvalue weighted by Crippen LogP contribution is -2.14. The van der Waals surface area contributed by atoms with E-state index in [-0.39, 0.29) is 5.75 Å². The standard InChI is InChI=1S/C18H19N3O2S/c1-13-10-18(16-4-2-3-5-17(16)21-13)20-11-14-6-8-15(9-7-14)12-24(19,22)23/h2-10H,11-12H2,1H3,(H,20,21)(H2,19,22,23). The molecule has 0 saturated heterocycles. The Bertz CT molecular complexity index is 967. The van der Waals surface area contributed by atoms with E-state index in [2.05, 4.69) is 10.3 Å². The second kappa shape index (κ2) is 6.59. The zero-order valence-corrected chi connectivity index (χ0v) is 14.2. The van der Waals surface area contributed by atoms with E-state index in [4.69, 9.17) is 5.14 Å². The van der Waals surface area contributed by atoms with Gasteiger partial charge in [-0.15, -0.1) is 0 Å². The van der Waals surface area contributed by atoms with Crippen LogP contribution in [-0.4, -0.2) is 13.4 Å². The summed E-state index contributed by atoms with van der Waals surface area (Å²) in [6, 6.07) is 17.4. The van der Waals surface area contributed by atoms with Crippen LogP contribution in [-0.2, 0) is 22.3 Å². The summed E-state index contributed by atoms with van der Waals surface area (Å²) >= 11 is 0. The Kier molecular flexibility index (Phi) is 4.51. The lowest BCUT2D eigenvalue weighted by Gasteiger charge is -2.11. The number of hydrogen-bond acceptors (Lipinski definition) is 4. The molecule has 6 heteroatoms. The molecule has 1 aromatic heterocycles. The highest BCUT2D eigenvalue weighted by Crippen LogP contribution is 2.23. The van der Waals surface area contributed by atoms with Gasteiger partial charge in [0.2, 0.25) is 10.0 Å². The van der Waals surface area contributed by atoms with Gasteiger partial charge in [-0.2, -0.15) is 0 Å². The molecule has 3 rings (SSSR count). The minimum atomic E-state index is -3.50. The predicted octanol–water partition coefficient (Wildman–Crippen LogP) is 2.94. The molecule has 0 bridgehead atoms. The van der Waals surface area contributed by atoms with E-state index >= 15 is 0 Å². The molecule has 3 aromatic rings. The number of nitrogens with one attached hydrogen (secondary N) is 1. The molecule has 124 valence electrons. The smallest absolute Gasteiger partial charge is 0.213 e. The van der Waals surface area contributed by atoms with Gasteiger partial charge in [-0.25, -0.2) is 13.6 Å². The fraction of sp³-hybridized carbons (Fsp3) is 0.167. The van der Waals surface area contributed by atoms with Crippen molar-refractivity contribution in [1.29, 1.82) is 0 Å². The fourth-order valence-corrected chi connectivity index (χ4v) is 3.29. The number of sulfonamides is 1. The van der Waals surface area contributed by atoms with Crippen LogP contribution in [0.1, 0.15) is 16.8 Å². The summed E-state index contributed by atoms with van der Waals surface area (Å²) in [5.41, 5.74) is 4.70. The monoisotopic (exact) mass is 341 g/mol. The lowest BCUT2D eigenvalue weighted by molar-refractivity contribution is 0.597. The second-order valence-corrected chi connectivity index (χ2v) is 7.42. The molecule has 24 heavy (non-hydrogen) atoms. The van der Waals surface area contributed by atoms with Crippen LogP contribution in [0, 0.1) is 6.92 Å². The van der Waals surface area contributed by atoms with Gasteiger partial charge in [-0.1, -0.05) is 42.5 Å². The van der Waals surface area contributed by atoms with Crippen molar-refractivity contribution in [1.82, 2.24) is 4.98 Å². The van der Waals surface area contributed by atoms with Crippen LogP contribution in [0.3, 0.4) is 0 Å². The van der Waals surface area contributed by atoms with Crippen LogP contribution >= 0.6 is 0 Å². The Morgan fingerprint density at radius 3 is 2.42 bits per heavy atom. The van der Waals surface area contributed by atoms with Crippen molar-refractivity contribution in [3.8, 4) is 0 Å². The minimum absolute atomic E-state index is 0.144. The zero-order chi connectivity index (χ0) is 17.2. The number of hydrogen-bond donors (Lipinski definition) is 2. The zero-order valence-electron chi connectivity index (χ0n) is 13.4. The molecular weight excluding hydrogens is 322 g/mol. The topological polar surface area (TPSA) is 85.1 Å². The SMILES string of the molecule is Cc1cc(NCc2ccc(CS(N)(=O)=O)cc2)c2ccccc2n1. The highest BCUT2D eigenvalue weighted by molar-refractivity contribution is 7.88. The number of aryl methyl sites for hydroxylation is 1. The molecule has 0 aliphatic heterocycles. The molecule has 0 aliphatic carbocycles. The van der Waals surface area contributed by atoms with Crippen LogP contribution in [0.15, 0.2) is 54.6 Å². The first kappa shape index (κ1) is 16.4. The molecule has 3 N–H and O–H groups in total. The highest BCUT2D eigenvalue weighted by atomic mass is 32.2. The number of anilines is 1. The Hall–Kier alpha value is -2.44. The van der Waals surface area contributed by atoms with Crippen LogP contribution in [0.5, 0.6) is 0 Å². The van der Waals surface area contributed by atoms with Gasteiger partial charge in [0.15, 0.2) is 0 Å². The number of fused-ring (bicyclic) bond motifs is 1. The summed E-state index contributed by atoms with van der Waals surface area (Å²) < 4.78 is 22.2. The van der Waals surface area contributed by atoms with Gasteiger partial charge in [0, 0.05) is 23.3 Å². The van der Waals surface area contributed by atoms with Crippen molar-refractivity contribution in [2.24, 2.45) is 5.14 Å². The summed E-state index contributed by atoms with van der Waals surface area (Å²) in [6.45, 7) is 2.61. The van der Waals surface area contributed by atoms with Crippen LogP contribution in [0.2, 0.25) is 0 Å². The number of pyridine rings is 1. The fourth-order valence-electron chi connectivity index (χ4n) is 2.64. The minimum Gasteiger partial charge on any atom is -0.380 e. The Morgan fingerprint density at radius 2 is 1.71 bits per heavy atom. The molecule has 0 fully saturated rings. The average Bonchev–Trinajstić information content (AvgIpc) is 2.52. The molecule has 0 amide bonds. The van der Waals surface area contributed by atoms with Gasteiger partial charge in [0.1, 0.15) is 0 Å². The maximum absolute atomic E-state index is 11.1. The molecule has 1 heterocycles. The molecule has 0 radical (unpaired) electrons. The number of para-hydroxylation sites is 1. The normalized spacial score (nSPS) is 11.6. The van der Waals surface area contributed by atoms with E-state index in [1.807, 2.05) is 49.4 Å². The van der Waals surface area contributed by atoms with Crippen LogP contribution < -0.4 is 10.5 Å². The maximum atomic E-state index is 11.1. The molecule has 0 atom stereocenters. The Balaban J connectivity index is 1.76. The number of aromatic nitrogens is 1. The third-order valence-corrected chi connectivity index (χ3v) is 4.45. The Morgan fingerprint density at radius 1 is 1.04 bits per heavy atom. The van der Waals surface area contributed by atoms with Crippen molar-refractivity contribution in [2.45, 2.75) is 19.2 Å². The van der Waals surface area contributed by atoms with Crippen LogP contribution in [0.25, 0.3) is 10.9 Å². The van der Waals surface area contributed by atoms with Gasteiger partial charge in [0.05, 0.1) is 11.3 Å². The number of rotatable bonds is 5. The number of primary sulfonamides is 1. The van der Waals surface area contributed by atoms with E-state index in [0.29, 0.717) is 12.1 Å². The first-order chi connectivity index (χ1) is 11.4. The summed E-state index contributed by atoms with van der Waals surface area (Å²) in [5.74, 6) is -0.144. The number of benzene rings is 2. The van der Waals surface area contributed by atoms with Gasteiger partial charge < -0.3 is 5.32 Å². The van der Waals surface area contributed by atoms with Gasteiger partial charge in [0.25, 0.3) is 0 Å². The molecule has 0 unspecified atom stereocenters. The summed E-state index contributed by atoms with van der Waals surface area (Å²) in [4.78, 5) is 4.53. The van der Waals surface area contributed by atoms with E-state index in [1.165, 1.54) is 0 Å². The van der Waals surface area contributed by atoms with Crippen molar-refractivity contribution in [3.05, 3.63) is 71.4 Å². The van der Waals surface area contributed by atoms with E-state index in [9.17, 15) is 8.42 Å². The molecule has 0 spiro atoms. The second-order valence-electron chi connectivity index (χ2n) is 5.81. The highest BCUT2D eigenvalue weighted by Gasteiger charge is 2.06. The average molecular weight is 341 g/mol. The largest absolute Gasteiger partial charge is 0.380 e. The van der Waals surface area contributed by atoms with Gasteiger partial charge >= 0.3 is 0 Å². The lowest BCUT2D eigenvalue weighted by atomic mass is 10.1. The van der Waals surface area contributed by atoms with Crippen molar-refractivity contribution < 1.29 is 8.42 Å². The van der Waals surface area contributed by atoms with Crippen molar-refractivity contribution in [2.75, 3.05) is 5.32 Å². The number of nitrogens with two attached hydrogens (primary N) is 1. The number of nitrogens with zero attached hydrogens (tertiary/aromatic N) is 1. The summed E-state index contributed by atoms with van der Waals surface area (Å²) in [6.07, 6.45) is 0. The quantitative estimate of drug-likeness (QED) is 0.747. The Labute approximate surface area is 141 Å². The van der Waals surface area contributed by atoms with Gasteiger partial charge in [-0.05, 0) is 30.2 Å². The van der Waals surface area contributed by atoms with Crippen LogP contribution in [0.4, 0.5) is 5.69 Å². The molecule has 0 aliphatic rings. The maximum Gasteiger partial charge on any atom is 0.213 e. The molecule has 0 saturated carbocycles. The first-order valence-electron chi connectivity index (χ1n) is 7.59. The summed E-state index contributed by atoms with van der Waals surface area (Å²) in [7, 11) is -3.50. The third-order valence-electron chi connectivity index (χ3n) is 3.72. The van der Waals surface area contributed by atoms with E-state index < -0.39 is 10.0 Å². The van der Waals surface area contributed by atoms with Crippen molar-refractivity contribution >= 4 is 26.6 Å². The molecule has 5 nitrogen and oxygen atoms in total. The third kappa shape index (κ3) is 4.10. The predicted molar refractivity (Wildman–Crippen MR) is 97.1 cm³/mol. The molecular formula is C18H19N3O2S. The van der Waals surface area contributed by atoms with E-state index in [0.717, 1.165) is 27.8 Å². The van der Waals surface area contributed by atoms with Crippen molar-refractivity contribution in [3.63, 3.8) is 0 Å². The van der Waals surface area contributed by atoms with E-state index in [1.54, 1.807) is 12.1 Å². The van der Waals surface area contributed by atoms with Gasteiger partial charge in [-0.3, -0.25) is 4.98 Å². The summed E-state index contributed by atoms with van der Waals surface area (Å²) in [5, 5.41) is 9.57. The molecule has 2 aromatic carbocycles. The first-order valence-corrected chi connectivity index (χ1v) is 9.31.